The molecule has 0 spiro atoms. The van der Waals surface area contributed by atoms with Gasteiger partial charge in [-0.2, -0.15) is 0 Å². The molecule has 0 aromatic heterocycles. The summed E-state index contributed by atoms with van der Waals surface area (Å²) >= 11 is 0. The minimum absolute atomic E-state index is 0.134. The average Bonchev–Trinajstić information content (AvgIpc) is 2.11. The Kier molecular flexibility index (Phi) is 5.28. The van der Waals surface area contributed by atoms with E-state index < -0.39 is 0 Å². The summed E-state index contributed by atoms with van der Waals surface area (Å²) in [6, 6.07) is 0. The van der Waals surface area contributed by atoms with Crippen molar-refractivity contribution in [1.29, 1.82) is 0 Å². The van der Waals surface area contributed by atoms with Crippen LogP contribution in [0.3, 0.4) is 0 Å². The van der Waals surface area contributed by atoms with Gasteiger partial charge in [0.15, 0.2) is 5.78 Å². The highest BCUT2D eigenvalue weighted by Gasteiger charge is 2.06. The highest BCUT2D eigenvalue weighted by atomic mass is 16.1. The van der Waals surface area contributed by atoms with Gasteiger partial charge in [0.05, 0.1) is 0 Å². The Morgan fingerprint density at radius 1 is 1.15 bits per heavy atom. The van der Waals surface area contributed by atoms with Crippen molar-refractivity contribution in [1.82, 2.24) is 0 Å². The maximum absolute atomic E-state index is 11.1. The van der Waals surface area contributed by atoms with Gasteiger partial charge in [0.1, 0.15) is 0 Å². The molecule has 0 amide bonds. The number of carbonyl (C=O) groups is 1. The normalized spacial score (nSPS) is 14.1. The molecule has 0 radical (unpaired) electrons. The number of hydrogen-bond acceptors (Lipinski definition) is 2. The van der Waals surface area contributed by atoms with E-state index in [4.69, 9.17) is 0 Å². The third-order valence-electron chi connectivity index (χ3n) is 2.28. The lowest BCUT2D eigenvalue weighted by Gasteiger charge is -2.07. The van der Waals surface area contributed by atoms with E-state index in [1.165, 1.54) is 0 Å². The summed E-state index contributed by atoms with van der Waals surface area (Å²) in [6.45, 7) is 7.53. The van der Waals surface area contributed by atoms with Gasteiger partial charge in [0.2, 0.25) is 0 Å². The maximum atomic E-state index is 11.1. The lowest BCUT2D eigenvalue weighted by Crippen LogP contribution is -2.06. The Morgan fingerprint density at radius 3 is 2.00 bits per heavy atom. The Hall–Kier alpha value is -0.920. The fourth-order valence-corrected chi connectivity index (χ4v) is 1.18. The van der Waals surface area contributed by atoms with Gasteiger partial charge in [0.25, 0.3) is 0 Å². The van der Waals surface area contributed by atoms with Crippen molar-refractivity contribution in [3.63, 3.8) is 0 Å². The van der Waals surface area contributed by atoms with Gasteiger partial charge in [-0.25, -0.2) is 0 Å². The van der Waals surface area contributed by atoms with Crippen molar-refractivity contribution >= 4 is 11.5 Å². The van der Waals surface area contributed by atoms with E-state index in [1.807, 2.05) is 13.8 Å². The molecule has 0 N–H and O–H groups in total. The van der Waals surface area contributed by atoms with E-state index in [9.17, 15) is 4.79 Å². The van der Waals surface area contributed by atoms with Crippen molar-refractivity contribution in [2.24, 2.45) is 4.99 Å². The van der Waals surface area contributed by atoms with Crippen LogP contribution in [-0.2, 0) is 4.79 Å². The summed E-state index contributed by atoms with van der Waals surface area (Å²) in [4.78, 5) is 15.3. The number of ketones is 1. The standard InChI is InChI=1S/C11H19NO/c1-6-7-11(12-5)9(3)8(2)10(4)13/h6-7H2,1-5H3/b9-8+,12-11?. The topological polar surface area (TPSA) is 29.4 Å². The molecular weight excluding hydrogens is 162 g/mol. The highest BCUT2D eigenvalue weighted by Crippen LogP contribution is 2.10. The summed E-state index contributed by atoms with van der Waals surface area (Å²) in [6.07, 6.45) is 2.02. The number of allylic oxidation sites excluding steroid dienone is 2. The van der Waals surface area contributed by atoms with Crippen LogP contribution in [0.4, 0.5) is 0 Å². The van der Waals surface area contributed by atoms with Crippen LogP contribution in [0, 0.1) is 0 Å². The third-order valence-corrected chi connectivity index (χ3v) is 2.28. The van der Waals surface area contributed by atoms with Gasteiger partial charge < -0.3 is 0 Å². The van der Waals surface area contributed by atoms with Gasteiger partial charge >= 0.3 is 0 Å². The zero-order valence-electron chi connectivity index (χ0n) is 9.27. The smallest absolute Gasteiger partial charge is 0.155 e. The first-order valence-corrected chi connectivity index (χ1v) is 4.69. The van der Waals surface area contributed by atoms with E-state index in [1.54, 1.807) is 14.0 Å². The van der Waals surface area contributed by atoms with Crippen molar-refractivity contribution in [3.8, 4) is 0 Å². The zero-order valence-corrected chi connectivity index (χ0v) is 9.27. The largest absolute Gasteiger partial charge is 0.295 e. The quantitative estimate of drug-likeness (QED) is 0.484. The number of aliphatic imine (C=N–C) groups is 1. The first-order chi connectivity index (χ1) is 6.04. The summed E-state index contributed by atoms with van der Waals surface area (Å²) in [5, 5.41) is 0. The summed E-state index contributed by atoms with van der Waals surface area (Å²) in [7, 11) is 1.78. The number of Topliss-reactive ketones (excluding diaryl/α,β-unsaturated/α-hetero) is 1. The van der Waals surface area contributed by atoms with E-state index in [-0.39, 0.29) is 5.78 Å². The average molecular weight is 181 g/mol. The first kappa shape index (κ1) is 12.1. The number of carbonyl (C=O) groups excluding carboxylic acids is 1. The molecule has 0 aliphatic heterocycles. The van der Waals surface area contributed by atoms with E-state index in [2.05, 4.69) is 11.9 Å². The highest BCUT2D eigenvalue weighted by molar-refractivity contribution is 6.07. The fourth-order valence-electron chi connectivity index (χ4n) is 1.18. The molecule has 0 fully saturated rings. The van der Waals surface area contributed by atoms with Crippen LogP contribution < -0.4 is 0 Å². The predicted octanol–water partition coefficient (Wildman–Crippen LogP) is 2.78. The molecule has 0 aromatic rings. The lowest BCUT2D eigenvalue weighted by atomic mass is 10.0. The summed E-state index contributed by atoms with van der Waals surface area (Å²) in [5.41, 5.74) is 2.92. The lowest BCUT2D eigenvalue weighted by molar-refractivity contribution is -0.113. The van der Waals surface area contributed by atoms with Crippen molar-refractivity contribution in [3.05, 3.63) is 11.1 Å². The maximum Gasteiger partial charge on any atom is 0.155 e. The second-order valence-electron chi connectivity index (χ2n) is 3.23. The summed E-state index contributed by atoms with van der Waals surface area (Å²) in [5.74, 6) is 0.134. The van der Waals surface area contributed by atoms with E-state index in [0.717, 1.165) is 29.7 Å². The summed E-state index contributed by atoms with van der Waals surface area (Å²) < 4.78 is 0. The van der Waals surface area contributed by atoms with E-state index >= 15 is 0 Å². The zero-order chi connectivity index (χ0) is 10.4. The van der Waals surface area contributed by atoms with Crippen LogP contribution in [0.15, 0.2) is 16.1 Å². The molecule has 0 atom stereocenters. The number of hydrogen-bond donors (Lipinski definition) is 0. The SMILES string of the molecule is CCCC(=NC)/C(C)=C(\C)C(C)=O. The molecule has 0 saturated heterocycles. The molecule has 0 aliphatic rings. The number of nitrogens with zero attached hydrogens (tertiary/aromatic N) is 1. The third kappa shape index (κ3) is 3.53. The van der Waals surface area contributed by atoms with Crippen LogP contribution in [0.2, 0.25) is 0 Å². The molecule has 0 aliphatic carbocycles. The molecule has 13 heavy (non-hydrogen) atoms. The second-order valence-corrected chi connectivity index (χ2v) is 3.23. The monoisotopic (exact) mass is 181 g/mol. The Bertz CT molecular complexity index is 249. The second kappa shape index (κ2) is 5.68. The minimum Gasteiger partial charge on any atom is -0.295 e. The van der Waals surface area contributed by atoms with Gasteiger partial charge in [0, 0.05) is 12.8 Å². The van der Waals surface area contributed by atoms with Crippen molar-refractivity contribution in [2.75, 3.05) is 7.05 Å². The molecule has 0 heterocycles. The van der Waals surface area contributed by atoms with Crippen molar-refractivity contribution < 1.29 is 4.79 Å². The van der Waals surface area contributed by atoms with Crippen molar-refractivity contribution in [2.45, 2.75) is 40.5 Å². The predicted molar refractivity (Wildman–Crippen MR) is 57.3 cm³/mol. The van der Waals surface area contributed by atoms with Crippen LogP contribution in [-0.4, -0.2) is 18.5 Å². The fraction of sp³-hybridized carbons (Fsp3) is 0.636. The molecule has 74 valence electrons. The van der Waals surface area contributed by atoms with Crippen LogP contribution in [0.1, 0.15) is 40.5 Å². The first-order valence-electron chi connectivity index (χ1n) is 4.69. The molecule has 2 heteroatoms. The van der Waals surface area contributed by atoms with Crippen LogP contribution in [0.25, 0.3) is 0 Å². The number of rotatable bonds is 4. The Labute approximate surface area is 80.8 Å². The molecule has 0 bridgehead atoms. The van der Waals surface area contributed by atoms with Gasteiger partial charge in [-0.15, -0.1) is 0 Å². The van der Waals surface area contributed by atoms with Gasteiger partial charge in [-0.3, -0.25) is 9.79 Å². The minimum atomic E-state index is 0.134. The van der Waals surface area contributed by atoms with Gasteiger partial charge in [-0.1, -0.05) is 13.3 Å². The van der Waals surface area contributed by atoms with Crippen LogP contribution >= 0.6 is 0 Å². The molecule has 0 saturated carbocycles. The molecular formula is C11H19NO. The van der Waals surface area contributed by atoms with E-state index in [0.29, 0.717) is 0 Å². The van der Waals surface area contributed by atoms with Crippen LogP contribution in [0.5, 0.6) is 0 Å². The molecule has 0 rings (SSSR count). The molecule has 0 aromatic carbocycles. The Balaban J connectivity index is 4.83. The molecule has 0 unspecified atom stereocenters. The molecule has 2 nitrogen and oxygen atoms in total. The Morgan fingerprint density at radius 2 is 1.69 bits per heavy atom. The van der Waals surface area contributed by atoms with Gasteiger partial charge in [-0.05, 0) is 38.3 Å².